The first-order chi connectivity index (χ1) is 8.41. The second kappa shape index (κ2) is 16.0. The lowest BCUT2D eigenvalue weighted by molar-refractivity contribution is 0.543. The molecule has 0 spiro atoms. The van der Waals surface area contributed by atoms with Gasteiger partial charge in [-0.05, 0) is 25.9 Å². The Bertz CT molecular complexity index is 109. The van der Waals surface area contributed by atoms with Crippen LogP contribution in [0.15, 0.2) is 0 Å². The van der Waals surface area contributed by atoms with E-state index in [-0.39, 0.29) is 0 Å². The van der Waals surface area contributed by atoms with Crippen molar-refractivity contribution in [2.75, 3.05) is 13.1 Å². The van der Waals surface area contributed by atoms with Gasteiger partial charge >= 0.3 is 0 Å². The lowest BCUT2D eigenvalue weighted by Crippen LogP contribution is -2.16. The molecule has 0 radical (unpaired) electrons. The molecular weight excluding hydrogens is 206 g/mol. The first-order valence-corrected chi connectivity index (χ1v) is 8.12. The maximum Gasteiger partial charge on any atom is -0.00489 e. The Kier molecular flexibility index (Phi) is 15.9. The molecule has 0 aromatic heterocycles. The number of hydrogen-bond acceptors (Lipinski definition) is 1. The molecule has 1 heteroatoms. The molecule has 1 N–H and O–H groups in total. The van der Waals surface area contributed by atoms with Crippen LogP contribution >= 0.6 is 0 Å². The summed E-state index contributed by atoms with van der Waals surface area (Å²) in [4.78, 5) is 0. The van der Waals surface area contributed by atoms with Gasteiger partial charge in [-0.15, -0.1) is 0 Å². The highest BCUT2D eigenvalue weighted by Gasteiger charge is 1.92. The summed E-state index contributed by atoms with van der Waals surface area (Å²) >= 11 is 0. The monoisotopic (exact) mass is 241 g/mol. The summed E-state index contributed by atoms with van der Waals surface area (Å²) in [6.07, 6.45) is 16.9. The summed E-state index contributed by atoms with van der Waals surface area (Å²) in [6, 6.07) is 0. The number of rotatable bonds is 14. The van der Waals surface area contributed by atoms with E-state index in [4.69, 9.17) is 0 Å². The Hall–Kier alpha value is -0.0400. The van der Waals surface area contributed by atoms with E-state index in [2.05, 4.69) is 19.2 Å². The van der Waals surface area contributed by atoms with Gasteiger partial charge in [0.15, 0.2) is 0 Å². The van der Waals surface area contributed by atoms with Gasteiger partial charge in [-0.3, -0.25) is 0 Å². The molecule has 0 amide bonds. The van der Waals surface area contributed by atoms with E-state index in [1.54, 1.807) is 0 Å². The molecule has 104 valence electrons. The largest absolute Gasteiger partial charge is 0.317 e. The third-order valence-electron chi connectivity index (χ3n) is 3.41. The highest BCUT2D eigenvalue weighted by Crippen LogP contribution is 2.06. The second-order valence-electron chi connectivity index (χ2n) is 5.29. The number of unbranched alkanes of at least 4 members (excludes halogenated alkanes) is 10. The van der Waals surface area contributed by atoms with Crippen molar-refractivity contribution < 1.29 is 0 Å². The molecule has 0 aromatic rings. The SMILES string of the molecule is CCCCCCCCCNCCCCCCC. The molecule has 0 saturated heterocycles. The van der Waals surface area contributed by atoms with E-state index >= 15 is 0 Å². The topological polar surface area (TPSA) is 12.0 Å². The lowest BCUT2D eigenvalue weighted by Gasteiger charge is -2.04. The van der Waals surface area contributed by atoms with Gasteiger partial charge in [-0.25, -0.2) is 0 Å². The number of nitrogens with one attached hydrogen (secondary N) is 1. The van der Waals surface area contributed by atoms with Crippen molar-refractivity contribution in [1.29, 1.82) is 0 Å². The van der Waals surface area contributed by atoms with Crippen molar-refractivity contribution in [3.63, 3.8) is 0 Å². The average molecular weight is 241 g/mol. The third kappa shape index (κ3) is 16.0. The zero-order valence-corrected chi connectivity index (χ0v) is 12.4. The average Bonchev–Trinajstić information content (AvgIpc) is 2.35. The first-order valence-electron chi connectivity index (χ1n) is 8.12. The molecule has 0 unspecified atom stereocenters. The quantitative estimate of drug-likeness (QED) is 0.407. The predicted molar refractivity (Wildman–Crippen MR) is 79.6 cm³/mol. The summed E-state index contributed by atoms with van der Waals surface area (Å²) in [5.74, 6) is 0. The van der Waals surface area contributed by atoms with Gasteiger partial charge < -0.3 is 5.32 Å². The standard InChI is InChI=1S/C16H35N/c1-3-5-7-9-10-12-14-16-17-15-13-11-8-6-4-2/h17H,3-16H2,1-2H3. The Morgan fingerprint density at radius 1 is 0.471 bits per heavy atom. The summed E-state index contributed by atoms with van der Waals surface area (Å²) in [5.41, 5.74) is 0. The molecule has 0 fully saturated rings. The second-order valence-corrected chi connectivity index (χ2v) is 5.29. The minimum absolute atomic E-state index is 1.24. The van der Waals surface area contributed by atoms with E-state index in [1.165, 1.54) is 90.1 Å². The zero-order chi connectivity index (χ0) is 12.6. The molecular formula is C16H35N. The van der Waals surface area contributed by atoms with Crippen LogP contribution in [-0.2, 0) is 0 Å². The normalized spacial score (nSPS) is 10.9. The van der Waals surface area contributed by atoms with E-state index in [9.17, 15) is 0 Å². The molecule has 0 atom stereocenters. The highest BCUT2D eigenvalue weighted by molar-refractivity contribution is 4.51. The Balaban J connectivity index is 2.85. The van der Waals surface area contributed by atoms with Crippen LogP contribution in [0.25, 0.3) is 0 Å². The van der Waals surface area contributed by atoms with Gasteiger partial charge in [0.1, 0.15) is 0 Å². The molecule has 0 bridgehead atoms. The molecule has 0 aliphatic rings. The van der Waals surface area contributed by atoms with Gasteiger partial charge in [0.2, 0.25) is 0 Å². The van der Waals surface area contributed by atoms with E-state index in [1.807, 2.05) is 0 Å². The summed E-state index contributed by atoms with van der Waals surface area (Å²) in [6.45, 7) is 7.03. The molecule has 0 aromatic carbocycles. The van der Waals surface area contributed by atoms with Crippen LogP contribution in [0.5, 0.6) is 0 Å². The third-order valence-corrected chi connectivity index (χ3v) is 3.41. The van der Waals surface area contributed by atoms with Crippen molar-refractivity contribution in [2.45, 2.75) is 90.9 Å². The molecule has 17 heavy (non-hydrogen) atoms. The van der Waals surface area contributed by atoms with Crippen LogP contribution in [0.2, 0.25) is 0 Å². The molecule has 1 nitrogen and oxygen atoms in total. The van der Waals surface area contributed by atoms with Crippen molar-refractivity contribution in [3.8, 4) is 0 Å². The maximum absolute atomic E-state index is 3.56. The number of hydrogen-bond donors (Lipinski definition) is 1. The minimum Gasteiger partial charge on any atom is -0.317 e. The summed E-state index contributed by atoms with van der Waals surface area (Å²) < 4.78 is 0. The Labute approximate surface area is 110 Å². The molecule has 0 aliphatic carbocycles. The predicted octanol–water partition coefficient (Wildman–Crippen LogP) is 5.30. The maximum atomic E-state index is 3.56. The summed E-state index contributed by atoms with van der Waals surface area (Å²) in [5, 5.41) is 3.56. The zero-order valence-electron chi connectivity index (χ0n) is 12.4. The van der Waals surface area contributed by atoms with Gasteiger partial charge in [0, 0.05) is 0 Å². The lowest BCUT2D eigenvalue weighted by atomic mass is 10.1. The van der Waals surface area contributed by atoms with Crippen molar-refractivity contribution in [2.24, 2.45) is 0 Å². The van der Waals surface area contributed by atoms with Crippen LogP contribution in [-0.4, -0.2) is 13.1 Å². The van der Waals surface area contributed by atoms with Crippen molar-refractivity contribution in [1.82, 2.24) is 5.32 Å². The summed E-state index contributed by atoms with van der Waals surface area (Å²) in [7, 11) is 0. The van der Waals surface area contributed by atoms with Crippen LogP contribution in [0.3, 0.4) is 0 Å². The Morgan fingerprint density at radius 2 is 0.824 bits per heavy atom. The molecule has 0 aliphatic heterocycles. The van der Waals surface area contributed by atoms with Crippen LogP contribution in [0.1, 0.15) is 90.9 Å². The fourth-order valence-electron chi connectivity index (χ4n) is 2.19. The van der Waals surface area contributed by atoms with Gasteiger partial charge in [0.05, 0.1) is 0 Å². The van der Waals surface area contributed by atoms with E-state index in [0.717, 1.165) is 0 Å². The van der Waals surface area contributed by atoms with Crippen LogP contribution in [0.4, 0.5) is 0 Å². The fraction of sp³-hybridized carbons (Fsp3) is 1.00. The van der Waals surface area contributed by atoms with Crippen molar-refractivity contribution >= 4 is 0 Å². The van der Waals surface area contributed by atoms with Crippen LogP contribution < -0.4 is 5.32 Å². The molecule has 0 rings (SSSR count). The van der Waals surface area contributed by atoms with Gasteiger partial charge in [0.25, 0.3) is 0 Å². The fourth-order valence-corrected chi connectivity index (χ4v) is 2.19. The molecule has 0 heterocycles. The van der Waals surface area contributed by atoms with Gasteiger partial charge in [-0.1, -0.05) is 78.1 Å². The van der Waals surface area contributed by atoms with E-state index in [0.29, 0.717) is 0 Å². The van der Waals surface area contributed by atoms with E-state index < -0.39 is 0 Å². The minimum atomic E-state index is 1.24. The van der Waals surface area contributed by atoms with Crippen LogP contribution in [0, 0.1) is 0 Å². The smallest absolute Gasteiger partial charge is 0.00489 e. The van der Waals surface area contributed by atoms with Gasteiger partial charge in [-0.2, -0.15) is 0 Å². The Morgan fingerprint density at radius 3 is 1.24 bits per heavy atom. The van der Waals surface area contributed by atoms with Crippen molar-refractivity contribution in [3.05, 3.63) is 0 Å². The molecule has 0 saturated carbocycles. The highest BCUT2D eigenvalue weighted by atomic mass is 14.8. The first kappa shape index (κ1) is 17.0.